The number of nitrogens with one attached hydrogen (secondary N) is 1. The van der Waals surface area contributed by atoms with Gasteiger partial charge in [0.25, 0.3) is 0 Å². The lowest BCUT2D eigenvalue weighted by Gasteiger charge is -2.04. The van der Waals surface area contributed by atoms with Crippen LogP contribution in [-0.2, 0) is 4.79 Å². The van der Waals surface area contributed by atoms with Gasteiger partial charge in [0.15, 0.2) is 0 Å². The van der Waals surface area contributed by atoms with E-state index in [-0.39, 0.29) is 5.91 Å². The molecule has 0 unspecified atom stereocenters. The van der Waals surface area contributed by atoms with Crippen molar-refractivity contribution in [2.75, 3.05) is 11.1 Å². The maximum Gasteiger partial charge on any atom is 0.226 e. The number of anilines is 1. The predicted octanol–water partition coefficient (Wildman–Crippen LogP) is 3.86. The molecule has 0 aliphatic carbocycles. The molecule has 0 saturated carbocycles. The fourth-order valence-corrected chi connectivity index (χ4v) is 2.42. The van der Waals surface area contributed by atoms with Crippen LogP contribution in [0.1, 0.15) is 6.42 Å². The van der Waals surface area contributed by atoms with E-state index in [0.717, 1.165) is 5.75 Å². The van der Waals surface area contributed by atoms with Gasteiger partial charge in [-0.2, -0.15) is 0 Å². The van der Waals surface area contributed by atoms with Crippen molar-refractivity contribution in [3.63, 3.8) is 0 Å². The average Bonchev–Trinajstić information content (AvgIpc) is 2.43. The van der Waals surface area contributed by atoms with E-state index in [1.54, 1.807) is 23.9 Å². The molecule has 98 valence electrons. The summed E-state index contributed by atoms with van der Waals surface area (Å²) in [6.07, 6.45) is 1.96. The van der Waals surface area contributed by atoms with Gasteiger partial charge in [-0.25, -0.2) is 4.98 Å². The molecule has 0 spiro atoms. The normalized spacial score (nSPS) is 10.2. The number of halogens is 1. The molecule has 19 heavy (non-hydrogen) atoms. The van der Waals surface area contributed by atoms with E-state index in [1.165, 1.54) is 11.1 Å². The highest BCUT2D eigenvalue weighted by atomic mass is 35.5. The molecule has 1 heterocycles. The minimum absolute atomic E-state index is 0.0433. The number of benzene rings is 1. The molecule has 0 saturated heterocycles. The molecule has 0 fully saturated rings. The van der Waals surface area contributed by atoms with Crippen molar-refractivity contribution in [2.24, 2.45) is 0 Å². The van der Waals surface area contributed by atoms with Crippen molar-refractivity contribution >= 4 is 35.1 Å². The Hall–Kier alpha value is -1.52. The molecule has 2 aromatic rings. The summed E-state index contributed by atoms with van der Waals surface area (Å²) in [5.74, 6) is 1.22. The number of aromatic nitrogens is 1. The average molecular weight is 293 g/mol. The first kappa shape index (κ1) is 13.9. The molecule has 0 aliphatic rings. The SMILES string of the molecule is O=C(CCSc1ccccc1)Nc1ccc(Cl)cn1. The molecule has 3 nitrogen and oxygen atoms in total. The quantitative estimate of drug-likeness (QED) is 0.851. The molecule has 0 aliphatic heterocycles. The van der Waals surface area contributed by atoms with Gasteiger partial charge < -0.3 is 5.32 Å². The lowest BCUT2D eigenvalue weighted by molar-refractivity contribution is -0.115. The van der Waals surface area contributed by atoms with Crippen LogP contribution >= 0.6 is 23.4 Å². The minimum atomic E-state index is -0.0433. The second-order valence-corrected chi connectivity index (χ2v) is 5.43. The Bertz CT molecular complexity index is 531. The smallest absolute Gasteiger partial charge is 0.226 e. The summed E-state index contributed by atoms with van der Waals surface area (Å²) in [5.41, 5.74) is 0. The number of hydrogen-bond donors (Lipinski definition) is 1. The molecule has 5 heteroatoms. The number of hydrogen-bond acceptors (Lipinski definition) is 3. The van der Waals surface area contributed by atoms with Crippen LogP contribution in [0.15, 0.2) is 53.6 Å². The summed E-state index contributed by atoms with van der Waals surface area (Å²) < 4.78 is 0. The third kappa shape index (κ3) is 4.93. The van der Waals surface area contributed by atoms with Crippen LogP contribution in [0.25, 0.3) is 0 Å². The summed E-state index contributed by atoms with van der Waals surface area (Å²) >= 11 is 7.38. The predicted molar refractivity (Wildman–Crippen MR) is 79.7 cm³/mol. The summed E-state index contributed by atoms with van der Waals surface area (Å²) in [5, 5.41) is 3.29. The summed E-state index contributed by atoms with van der Waals surface area (Å²) in [7, 11) is 0. The van der Waals surface area contributed by atoms with Crippen molar-refractivity contribution in [2.45, 2.75) is 11.3 Å². The fourth-order valence-electron chi connectivity index (χ4n) is 1.43. The van der Waals surface area contributed by atoms with Gasteiger partial charge in [-0.3, -0.25) is 4.79 Å². The summed E-state index contributed by atoms with van der Waals surface area (Å²) in [4.78, 5) is 16.9. The Morgan fingerprint density at radius 1 is 1.21 bits per heavy atom. The van der Waals surface area contributed by atoms with Crippen molar-refractivity contribution in [3.05, 3.63) is 53.7 Å². The van der Waals surface area contributed by atoms with Crippen molar-refractivity contribution in [3.8, 4) is 0 Å². The highest BCUT2D eigenvalue weighted by Crippen LogP contribution is 2.18. The maximum absolute atomic E-state index is 11.7. The van der Waals surface area contributed by atoms with Gasteiger partial charge in [-0.15, -0.1) is 11.8 Å². The first-order chi connectivity index (χ1) is 9.24. The highest BCUT2D eigenvalue weighted by Gasteiger charge is 2.03. The number of pyridine rings is 1. The van der Waals surface area contributed by atoms with Gasteiger partial charge in [0.05, 0.1) is 5.02 Å². The van der Waals surface area contributed by atoms with E-state index >= 15 is 0 Å². The molecule has 1 N–H and O–H groups in total. The number of nitrogens with zero attached hydrogens (tertiary/aromatic N) is 1. The van der Waals surface area contributed by atoms with Gasteiger partial charge >= 0.3 is 0 Å². The molecule has 0 radical (unpaired) electrons. The Balaban J connectivity index is 1.74. The summed E-state index contributed by atoms with van der Waals surface area (Å²) in [6.45, 7) is 0. The molecule has 0 atom stereocenters. The highest BCUT2D eigenvalue weighted by molar-refractivity contribution is 7.99. The van der Waals surface area contributed by atoms with Crippen molar-refractivity contribution < 1.29 is 4.79 Å². The maximum atomic E-state index is 11.7. The number of rotatable bonds is 5. The zero-order chi connectivity index (χ0) is 13.5. The molecule has 1 amide bonds. The van der Waals surface area contributed by atoms with Crippen molar-refractivity contribution in [1.82, 2.24) is 4.98 Å². The second kappa shape index (κ2) is 7.16. The van der Waals surface area contributed by atoms with Crippen LogP contribution in [-0.4, -0.2) is 16.6 Å². The number of carbonyl (C=O) groups excluding carboxylic acids is 1. The molecular formula is C14H13ClN2OS. The molecule has 1 aromatic carbocycles. The topological polar surface area (TPSA) is 42.0 Å². The van der Waals surface area contributed by atoms with Crippen LogP contribution in [0.4, 0.5) is 5.82 Å². The van der Waals surface area contributed by atoms with Crippen LogP contribution in [0.3, 0.4) is 0 Å². The Morgan fingerprint density at radius 2 is 2.00 bits per heavy atom. The Labute approximate surface area is 121 Å². The first-order valence-corrected chi connectivity index (χ1v) is 7.19. The van der Waals surface area contributed by atoms with Gasteiger partial charge in [0, 0.05) is 23.3 Å². The standard InChI is InChI=1S/C14H13ClN2OS/c15-11-6-7-13(16-10-11)17-14(18)8-9-19-12-4-2-1-3-5-12/h1-7,10H,8-9H2,(H,16,17,18). The first-order valence-electron chi connectivity index (χ1n) is 5.83. The van der Waals surface area contributed by atoms with Gasteiger partial charge in [-0.1, -0.05) is 29.8 Å². The third-order valence-electron chi connectivity index (χ3n) is 2.34. The van der Waals surface area contributed by atoms with Crippen LogP contribution < -0.4 is 5.32 Å². The molecule has 2 rings (SSSR count). The van der Waals surface area contributed by atoms with Gasteiger partial charge in [0.1, 0.15) is 5.82 Å². The van der Waals surface area contributed by atoms with Gasteiger partial charge in [0.2, 0.25) is 5.91 Å². The number of amides is 1. The molecular weight excluding hydrogens is 280 g/mol. The monoisotopic (exact) mass is 292 g/mol. The fraction of sp³-hybridized carbons (Fsp3) is 0.143. The number of carbonyl (C=O) groups is 1. The zero-order valence-electron chi connectivity index (χ0n) is 10.2. The number of thioether (sulfide) groups is 1. The summed E-state index contributed by atoms with van der Waals surface area (Å²) in [6, 6.07) is 13.4. The van der Waals surface area contributed by atoms with E-state index in [1.807, 2.05) is 30.3 Å². The zero-order valence-corrected chi connectivity index (χ0v) is 11.7. The Morgan fingerprint density at radius 3 is 2.68 bits per heavy atom. The van der Waals surface area contributed by atoms with Crippen LogP contribution in [0, 0.1) is 0 Å². The van der Waals surface area contributed by atoms with Crippen LogP contribution in [0.5, 0.6) is 0 Å². The largest absolute Gasteiger partial charge is 0.311 e. The van der Waals surface area contributed by atoms with E-state index in [0.29, 0.717) is 17.3 Å². The second-order valence-electron chi connectivity index (χ2n) is 3.82. The third-order valence-corrected chi connectivity index (χ3v) is 3.57. The van der Waals surface area contributed by atoms with E-state index in [4.69, 9.17) is 11.6 Å². The van der Waals surface area contributed by atoms with E-state index in [9.17, 15) is 4.79 Å². The van der Waals surface area contributed by atoms with E-state index in [2.05, 4.69) is 10.3 Å². The lowest BCUT2D eigenvalue weighted by Crippen LogP contribution is -2.13. The molecule has 0 bridgehead atoms. The Kier molecular flexibility index (Phi) is 5.24. The minimum Gasteiger partial charge on any atom is -0.311 e. The van der Waals surface area contributed by atoms with Gasteiger partial charge in [-0.05, 0) is 24.3 Å². The van der Waals surface area contributed by atoms with Crippen molar-refractivity contribution in [1.29, 1.82) is 0 Å². The molecule has 1 aromatic heterocycles. The van der Waals surface area contributed by atoms with Crippen LogP contribution in [0.2, 0.25) is 5.02 Å². The van der Waals surface area contributed by atoms with E-state index < -0.39 is 0 Å². The lowest BCUT2D eigenvalue weighted by atomic mass is 10.4.